The Morgan fingerprint density at radius 3 is 1.79 bits per heavy atom. The number of benzene rings is 2. The van der Waals surface area contributed by atoms with E-state index in [1.807, 2.05) is 0 Å². The number of hydrogen-bond donors (Lipinski definition) is 5. The van der Waals surface area contributed by atoms with Crippen molar-refractivity contribution in [1.82, 2.24) is 16.0 Å². The Hall–Kier alpha value is -5.80. The van der Waals surface area contributed by atoms with Gasteiger partial charge in [-0.15, -0.1) is 0 Å². The van der Waals surface area contributed by atoms with E-state index < -0.39 is 64.2 Å². The molecule has 1 aromatic heterocycles. The van der Waals surface area contributed by atoms with Crippen molar-refractivity contribution in [1.29, 1.82) is 0 Å². The molecule has 1 heterocycles. The van der Waals surface area contributed by atoms with Gasteiger partial charge in [-0.25, -0.2) is 4.79 Å². The molecule has 0 saturated carbocycles. The summed E-state index contributed by atoms with van der Waals surface area (Å²) < 4.78 is 27.5. The molecule has 3 aromatic rings. The second kappa shape index (κ2) is 18.7. The van der Waals surface area contributed by atoms with Gasteiger partial charge in [0.2, 0.25) is 17.2 Å². The number of nitrogens with one attached hydrogen (secondary N) is 3. The molecule has 2 atom stereocenters. The number of phenols is 2. The van der Waals surface area contributed by atoms with Gasteiger partial charge in [0.15, 0.2) is 0 Å². The van der Waals surface area contributed by atoms with Gasteiger partial charge in [-0.1, -0.05) is 12.1 Å². The first kappa shape index (κ1) is 44.6. The molecule has 3 rings (SSSR count). The SMILES string of the molecule is CC(C)(C)OC(=O)CC[C@@H](NC(=O)OC(C)(C)C)C(=O)N[C@H](CCC(=O)OC(C)(C)C)C(=O)NCCOc1cc(O)cc2occ(-c3ccc(O)cc3)c(=O)c12. The lowest BCUT2D eigenvalue weighted by Gasteiger charge is -2.26. The molecule has 0 saturated heterocycles. The van der Waals surface area contributed by atoms with Crippen molar-refractivity contribution in [2.45, 2.75) is 117 Å². The second-order valence-electron chi connectivity index (χ2n) is 16.0. The van der Waals surface area contributed by atoms with Crippen LogP contribution in [0.1, 0.15) is 88.0 Å². The minimum absolute atomic E-state index is 0.0112. The molecule has 16 heteroatoms. The first-order valence-corrected chi connectivity index (χ1v) is 18.1. The Morgan fingerprint density at radius 1 is 0.714 bits per heavy atom. The molecule has 0 fully saturated rings. The number of alkyl carbamates (subject to hydrolysis) is 1. The van der Waals surface area contributed by atoms with Gasteiger partial charge >= 0.3 is 18.0 Å². The highest BCUT2D eigenvalue weighted by molar-refractivity contribution is 5.92. The van der Waals surface area contributed by atoms with Crippen LogP contribution in [-0.4, -0.2) is 82.1 Å². The third kappa shape index (κ3) is 14.8. The van der Waals surface area contributed by atoms with Gasteiger partial charge < -0.3 is 49.5 Å². The number of rotatable bonds is 15. The van der Waals surface area contributed by atoms with Crippen LogP contribution in [-0.2, 0) is 33.4 Å². The van der Waals surface area contributed by atoms with Crippen LogP contribution in [0.25, 0.3) is 22.1 Å². The largest absolute Gasteiger partial charge is 0.508 e. The molecule has 3 amide bonds. The molecule has 0 aliphatic heterocycles. The van der Waals surface area contributed by atoms with Crippen molar-refractivity contribution >= 4 is 40.8 Å². The third-order valence-electron chi connectivity index (χ3n) is 7.42. The molecular formula is C40H53N3O13. The maximum atomic E-state index is 13.7. The fraction of sp³-hybridized carbons (Fsp3) is 0.500. The summed E-state index contributed by atoms with van der Waals surface area (Å²) in [6, 6.07) is 5.73. The van der Waals surface area contributed by atoms with Crippen LogP contribution >= 0.6 is 0 Å². The van der Waals surface area contributed by atoms with Gasteiger partial charge in [0.1, 0.15) is 70.0 Å². The highest BCUT2D eigenvalue weighted by Gasteiger charge is 2.30. The maximum Gasteiger partial charge on any atom is 0.408 e. The topological polar surface area (TPSA) is 229 Å². The Labute approximate surface area is 325 Å². The minimum Gasteiger partial charge on any atom is -0.508 e. The molecule has 16 nitrogen and oxygen atoms in total. The zero-order chi connectivity index (χ0) is 42.0. The lowest BCUT2D eigenvalue weighted by atomic mass is 10.0. The predicted octanol–water partition coefficient (Wildman–Crippen LogP) is 4.99. The summed E-state index contributed by atoms with van der Waals surface area (Å²) in [5.41, 5.74) is -2.28. The number of fused-ring (bicyclic) bond motifs is 1. The number of ether oxygens (including phenoxy) is 4. The van der Waals surface area contributed by atoms with Crippen LogP contribution in [0, 0.1) is 0 Å². The van der Waals surface area contributed by atoms with Crippen LogP contribution in [0.15, 0.2) is 51.9 Å². The molecule has 0 unspecified atom stereocenters. The monoisotopic (exact) mass is 783 g/mol. The Morgan fingerprint density at radius 2 is 1.25 bits per heavy atom. The molecule has 0 bridgehead atoms. The van der Waals surface area contributed by atoms with Crippen LogP contribution < -0.4 is 26.1 Å². The average Bonchev–Trinajstić information content (AvgIpc) is 3.04. The van der Waals surface area contributed by atoms with Gasteiger partial charge in [0.25, 0.3) is 0 Å². The first-order valence-electron chi connectivity index (χ1n) is 18.1. The van der Waals surface area contributed by atoms with Crippen LogP contribution in [0.2, 0.25) is 0 Å². The zero-order valence-corrected chi connectivity index (χ0v) is 33.3. The number of carbonyl (C=O) groups excluding carboxylic acids is 5. The molecule has 0 radical (unpaired) electrons. The van der Waals surface area contributed by atoms with Crippen LogP contribution in [0.3, 0.4) is 0 Å². The lowest BCUT2D eigenvalue weighted by molar-refractivity contribution is -0.156. The van der Waals surface area contributed by atoms with E-state index in [0.717, 1.165) is 0 Å². The average molecular weight is 784 g/mol. The number of amides is 3. The fourth-order valence-corrected chi connectivity index (χ4v) is 5.18. The van der Waals surface area contributed by atoms with E-state index in [1.54, 1.807) is 74.4 Å². The summed E-state index contributed by atoms with van der Waals surface area (Å²) in [5, 5.41) is 27.6. The van der Waals surface area contributed by atoms with E-state index in [4.69, 9.17) is 23.4 Å². The lowest BCUT2D eigenvalue weighted by Crippen LogP contribution is -2.54. The second-order valence-corrected chi connectivity index (χ2v) is 16.0. The molecule has 56 heavy (non-hydrogen) atoms. The number of carbonyl (C=O) groups is 5. The minimum atomic E-state index is -1.34. The van der Waals surface area contributed by atoms with Crippen molar-refractivity contribution in [3.8, 4) is 28.4 Å². The summed E-state index contributed by atoms with van der Waals surface area (Å²) in [6.07, 6.45) is -0.612. The summed E-state index contributed by atoms with van der Waals surface area (Å²) in [6.45, 7) is 14.6. The highest BCUT2D eigenvalue weighted by Crippen LogP contribution is 2.31. The van der Waals surface area contributed by atoms with Crippen molar-refractivity contribution in [3.05, 3.63) is 52.9 Å². The van der Waals surface area contributed by atoms with E-state index in [2.05, 4.69) is 16.0 Å². The molecule has 306 valence electrons. The standard InChI is InChI=1S/C40H53N3O13/c1-38(2,3)54-31(46)16-14-27(42-36(50)28(43-37(51)56-40(7,8)9)15-17-32(47)55-39(4,5)6)35(49)41-18-19-52-29-20-25(45)21-30-33(29)34(48)26(22-53-30)23-10-12-24(44)13-11-23/h10-13,20-22,27-28,44-45H,14-19H2,1-9H3,(H,41,49)(H,42,50)(H,43,51)/t27-,28-/m1/s1. The quantitative estimate of drug-likeness (QED) is 0.0779. The maximum absolute atomic E-state index is 13.7. The van der Waals surface area contributed by atoms with E-state index in [-0.39, 0.29) is 72.6 Å². The van der Waals surface area contributed by atoms with E-state index in [1.165, 1.54) is 30.5 Å². The summed E-state index contributed by atoms with van der Waals surface area (Å²) in [5.74, 6) is -3.05. The van der Waals surface area contributed by atoms with E-state index >= 15 is 0 Å². The summed E-state index contributed by atoms with van der Waals surface area (Å²) >= 11 is 0. The first-order chi connectivity index (χ1) is 25.9. The number of phenolic OH excluding ortho intramolecular Hbond substituents is 2. The van der Waals surface area contributed by atoms with Crippen LogP contribution in [0.5, 0.6) is 17.2 Å². The Kier molecular flexibility index (Phi) is 14.9. The summed E-state index contributed by atoms with van der Waals surface area (Å²) in [7, 11) is 0. The molecule has 0 spiro atoms. The van der Waals surface area contributed by atoms with E-state index in [9.17, 15) is 39.0 Å². The number of hydrogen-bond acceptors (Lipinski definition) is 13. The van der Waals surface area contributed by atoms with Crippen molar-refractivity contribution < 1.29 is 57.6 Å². The molecular weight excluding hydrogens is 730 g/mol. The smallest absolute Gasteiger partial charge is 0.408 e. The molecule has 2 aromatic carbocycles. The third-order valence-corrected chi connectivity index (χ3v) is 7.42. The fourth-order valence-electron chi connectivity index (χ4n) is 5.18. The van der Waals surface area contributed by atoms with E-state index in [0.29, 0.717) is 5.56 Å². The van der Waals surface area contributed by atoms with Gasteiger partial charge in [0, 0.05) is 25.0 Å². The van der Waals surface area contributed by atoms with Crippen molar-refractivity contribution in [2.24, 2.45) is 0 Å². The number of esters is 2. The molecule has 5 N–H and O–H groups in total. The number of aromatic hydroxyl groups is 2. The summed E-state index contributed by atoms with van der Waals surface area (Å²) in [4.78, 5) is 78.5. The Balaban J connectivity index is 1.79. The molecule has 0 aliphatic carbocycles. The Bertz CT molecular complexity index is 1930. The van der Waals surface area contributed by atoms with Crippen molar-refractivity contribution in [2.75, 3.05) is 13.2 Å². The van der Waals surface area contributed by atoms with Gasteiger partial charge in [0.05, 0.1) is 12.1 Å². The van der Waals surface area contributed by atoms with Gasteiger partial charge in [-0.05, 0) is 92.9 Å². The van der Waals surface area contributed by atoms with Gasteiger partial charge in [-0.2, -0.15) is 0 Å². The van der Waals surface area contributed by atoms with Crippen LogP contribution in [0.4, 0.5) is 4.79 Å². The molecule has 0 aliphatic rings. The predicted molar refractivity (Wildman–Crippen MR) is 205 cm³/mol. The highest BCUT2D eigenvalue weighted by atomic mass is 16.6. The van der Waals surface area contributed by atoms with Gasteiger partial charge in [-0.3, -0.25) is 24.0 Å². The normalized spacial score (nSPS) is 12.9. The van der Waals surface area contributed by atoms with Crippen molar-refractivity contribution in [3.63, 3.8) is 0 Å². The zero-order valence-electron chi connectivity index (χ0n) is 33.3.